The second-order valence-corrected chi connectivity index (χ2v) is 7.04. The molecule has 0 aromatic heterocycles. The van der Waals surface area contributed by atoms with E-state index in [2.05, 4.69) is 4.72 Å². The molecule has 0 unspecified atom stereocenters. The van der Waals surface area contributed by atoms with Crippen LogP contribution in [0.1, 0.15) is 25.7 Å². The normalized spacial score (nSPS) is 11.2. The number of carbonyl (C=O) groups is 1. The van der Waals surface area contributed by atoms with Crippen molar-refractivity contribution in [3.05, 3.63) is 37.4 Å². The quantitative estimate of drug-likeness (QED) is 0.344. The van der Waals surface area contributed by atoms with Gasteiger partial charge >= 0.3 is 5.97 Å². The Bertz CT molecular complexity index is 761. The number of hydrogen-bond acceptors (Lipinski definition) is 7. The highest BCUT2D eigenvalue weighted by Gasteiger charge is 2.29. The Kier molecular flexibility index (Phi) is 7.21. The van der Waals surface area contributed by atoms with Crippen LogP contribution in [0.25, 0.3) is 0 Å². The van der Waals surface area contributed by atoms with Crippen LogP contribution in [0.5, 0.6) is 0 Å². The lowest BCUT2D eigenvalue weighted by atomic mass is 10.2. The van der Waals surface area contributed by atoms with Crippen LogP contribution in [-0.4, -0.2) is 35.9 Å². The molecule has 0 aliphatic heterocycles. The van der Waals surface area contributed by atoms with Crippen LogP contribution in [0.15, 0.2) is 17.0 Å². The van der Waals surface area contributed by atoms with E-state index in [0.717, 1.165) is 0 Å². The minimum absolute atomic E-state index is 0.0394. The molecule has 0 aliphatic carbocycles. The number of aliphatic carboxylic acids is 1. The highest BCUT2D eigenvalue weighted by molar-refractivity contribution is 7.89. The Morgan fingerprint density at radius 3 is 2.08 bits per heavy atom. The summed E-state index contributed by atoms with van der Waals surface area (Å²) < 4.78 is 26.4. The maximum absolute atomic E-state index is 12.1. The first-order chi connectivity index (χ1) is 11.6. The van der Waals surface area contributed by atoms with Gasteiger partial charge in [0.2, 0.25) is 10.0 Å². The van der Waals surface area contributed by atoms with Crippen LogP contribution in [0.3, 0.4) is 0 Å². The van der Waals surface area contributed by atoms with E-state index < -0.39 is 47.1 Å². The zero-order valence-electron chi connectivity index (χ0n) is 12.7. The molecule has 0 fully saturated rings. The van der Waals surface area contributed by atoms with Gasteiger partial charge in [-0.05, 0) is 12.8 Å². The van der Waals surface area contributed by atoms with Crippen LogP contribution in [0, 0.1) is 20.2 Å². The molecule has 25 heavy (non-hydrogen) atoms. The molecule has 0 spiro atoms. The molecule has 0 atom stereocenters. The van der Waals surface area contributed by atoms with Crippen molar-refractivity contribution in [2.45, 2.75) is 30.6 Å². The molecule has 1 aromatic carbocycles. The standard InChI is InChI=1S/C12H14ClN3O8S/c13-12-9(15(19)20)6-8(7-10(12)16(21)22)25(23,24)14-5-3-1-2-4-11(17)18/h6-7,14H,1-5H2,(H,17,18). The van der Waals surface area contributed by atoms with Gasteiger partial charge in [-0.15, -0.1) is 0 Å². The van der Waals surface area contributed by atoms with Crippen LogP contribution >= 0.6 is 11.6 Å². The third-order valence-electron chi connectivity index (χ3n) is 3.07. The molecular weight excluding hydrogens is 382 g/mol. The van der Waals surface area contributed by atoms with Crippen molar-refractivity contribution in [2.24, 2.45) is 0 Å². The van der Waals surface area contributed by atoms with Crippen molar-refractivity contribution < 1.29 is 28.2 Å². The Balaban J connectivity index is 2.92. The summed E-state index contributed by atoms with van der Waals surface area (Å²) in [6.45, 7) is -0.0494. The number of nitrogens with zero attached hydrogens (tertiary/aromatic N) is 2. The van der Waals surface area contributed by atoms with E-state index in [0.29, 0.717) is 31.4 Å². The van der Waals surface area contributed by atoms with Crippen molar-refractivity contribution in [3.63, 3.8) is 0 Å². The molecule has 0 radical (unpaired) electrons. The number of sulfonamides is 1. The molecule has 0 amide bonds. The monoisotopic (exact) mass is 395 g/mol. The van der Waals surface area contributed by atoms with Gasteiger partial charge in [-0.1, -0.05) is 18.0 Å². The molecule has 1 aromatic rings. The van der Waals surface area contributed by atoms with Gasteiger partial charge in [0.05, 0.1) is 14.7 Å². The molecule has 1 rings (SSSR count). The lowest BCUT2D eigenvalue weighted by Crippen LogP contribution is -2.25. The van der Waals surface area contributed by atoms with E-state index >= 15 is 0 Å². The Labute approximate surface area is 146 Å². The highest BCUT2D eigenvalue weighted by Crippen LogP contribution is 2.36. The van der Waals surface area contributed by atoms with Gasteiger partial charge in [0.1, 0.15) is 0 Å². The van der Waals surface area contributed by atoms with Crippen LogP contribution in [0.2, 0.25) is 5.02 Å². The largest absolute Gasteiger partial charge is 0.481 e. The van der Waals surface area contributed by atoms with Gasteiger partial charge in [-0.25, -0.2) is 13.1 Å². The summed E-state index contributed by atoms with van der Waals surface area (Å²) in [7, 11) is -4.23. The fourth-order valence-corrected chi connectivity index (χ4v) is 3.22. The molecule has 0 aliphatic rings. The Morgan fingerprint density at radius 2 is 1.64 bits per heavy atom. The lowest BCUT2D eigenvalue weighted by molar-refractivity contribution is -0.394. The summed E-state index contributed by atoms with van der Waals surface area (Å²) in [5, 5.41) is 29.5. The van der Waals surface area contributed by atoms with Crippen LogP contribution < -0.4 is 4.72 Å². The number of benzene rings is 1. The lowest BCUT2D eigenvalue weighted by Gasteiger charge is -2.07. The minimum Gasteiger partial charge on any atom is -0.481 e. The number of nitro groups is 2. The first-order valence-corrected chi connectivity index (χ1v) is 8.76. The molecule has 0 saturated carbocycles. The molecule has 11 nitrogen and oxygen atoms in total. The molecule has 2 N–H and O–H groups in total. The number of rotatable bonds is 10. The molecule has 0 saturated heterocycles. The fourth-order valence-electron chi connectivity index (χ4n) is 1.86. The van der Waals surface area contributed by atoms with Crippen molar-refractivity contribution >= 4 is 39.0 Å². The molecular formula is C12H14ClN3O8S. The first-order valence-electron chi connectivity index (χ1n) is 6.90. The summed E-state index contributed by atoms with van der Waals surface area (Å²) >= 11 is 5.56. The highest BCUT2D eigenvalue weighted by atomic mass is 35.5. The number of halogens is 1. The van der Waals surface area contributed by atoms with E-state index in [4.69, 9.17) is 16.7 Å². The number of unbranched alkanes of at least 4 members (excludes halogenated alkanes) is 2. The van der Waals surface area contributed by atoms with Crippen molar-refractivity contribution in [1.82, 2.24) is 4.72 Å². The number of carboxylic acid groups (broad SMARTS) is 1. The maximum atomic E-state index is 12.1. The summed E-state index contributed by atoms with van der Waals surface area (Å²) in [6.07, 6.45) is 1.12. The van der Waals surface area contributed by atoms with E-state index in [1.54, 1.807) is 0 Å². The summed E-state index contributed by atoms with van der Waals surface area (Å²) in [4.78, 5) is 29.5. The van der Waals surface area contributed by atoms with E-state index in [-0.39, 0.29) is 13.0 Å². The number of hydrogen-bond donors (Lipinski definition) is 2. The third kappa shape index (κ3) is 5.92. The van der Waals surface area contributed by atoms with Crippen molar-refractivity contribution in [2.75, 3.05) is 6.54 Å². The predicted octanol–water partition coefficient (Wildman–Crippen LogP) is 2.08. The third-order valence-corrected chi connectivity index (χ3v) is 4.90. The number of nitro benzene ring substituents is 2. The van der Waals surface area contributed by atoms with Gasteiger partial charge in [0, 0.05) is 25.1 Å². The molecule has 0 heterocycles. The average molecular weight is 396 g/mol. The second kappa shape index (κ2) is 8.69. The van der Waals surface area contributed by atoms with Crippen LogP contribution in [-0.2, 0) is 14.8 Å². The van der Waals surface area contributed by atoms with E-state index in [1.165, 1.54) is 0 Å². The van der Waals surface area contributed by atoms with Gasteiger partial charge in [0.15, 0.2) is 5.02 Å². The summed E-state index contributed by atoms with van der Waals surface area (Å²) in [6, 6.07) is 1.28. The summed E-state index contributed by atoms with van der Waals surface area (Å²) in [5.74, 6) is -0.957. The van der Waals surface area contributed by atoms with Crippen molar-refractivity contribution in [1.29, 1.82) is 0 Å². The fraction of sp³-hybridized carbons (Fsp3) is 0.417. The van der Waals surface area contributed by atoms with Crippen LogP contribution in [0.4, 0.5) is 11.4 Å². The van der Waals surface area contributed by atoms with Gasteiger partial charge < -0.3 is 5.11 Å². The first kappa shape index (κ1) is 20.7. The van der Waals surface area contributed by atoms with Crippen molar-refractivity contribution in [3.8, 4) is 0 Å². The molecule has 138 valence electrons. The SMILES string of the molecule is O=C(O)CCCCCNS(=O)(=O)c1cc([N+](=O)[O-])c(Cl)c([N+](=O)[O-])c1. The topological polar surface area (TPSA) is 170 Å². The Hall–Kier alpha value is -2.31. The minimum atomic E-state index is -4.23. The second-order valence-electron chi connectivity index (χ2n) is 4.89. The summed E-state index contributed by atoms with van der Waals surface area (Å²) in [5.41, 5.74) is -1.78. The Morgan fingerprint density at radius 1 is 1.12 bits per heavy atom. The molecule has 13 heteroatoms. The van der Waals surface area contributed by atoms with Gasteiger partial charge in [-0.3, -0.25) is 25.0 Å². The number of carboxylic acids is 1. The smallest absolute Gasteiger partial charge is 0.303 e. The number of nitrogens with one attached hydrogen (secondary N) is 1. The predicted molar refractivity (Wildman–Crippen MR) is 86.1 cm³/mol. The van der Waals surface area contributed by atoms with E-state index in [9.17, 15) is 33.4 Å². The zero-order chi connectivity index (χ0) is 19.2. The van der Waals surface area contributed by atoms with Gasteiger partial charge in [0.25, 0.3) is 11.4 Å². The zero-order valence-corrected chi connectivity index (χ0v) is 14.2. The molecule has 0 bridgehead atoms. The average Bonchev–Trinajstić information content (AvgIpc) is 2.49. The maximum Gasteiger partial charge on any atom is 0.303 e. The van der Waals surface area contributed by atoms with Gasteiger partial charge in [-0.2, -0.15) is 0 Å². The van der Waals surface area contributed by atoms with E-state index in [1.807, 2.05) is 0 Å².